The summed E-state index contributed by atoms with van der Waals surface area (Å²) in [6.07, 6.45) is 5.55. The fourth-order valence-electron chi connectivity index (χ4n) is 3.60. The second-order valence-corrected chi connectivity index (χ2v) is 7.26. The molecule has 0 spiro atoms. The van der Waals surface area contributed by atoms with Crippen molar-refractivity contribution in [2.45, 2.75) is 64.5 Å². The van der Waals surface area contributed by atoms with Crippen molar-refractivity contribution in [3.63, 3.8) is 0 Å². The van der Waals surface area contributed by atoms with Gasteiger partial charge in [0.05, 0.1) is 12.2 Å². The lowest BCUT2D eigenvalue weighted by atomic mass is 9.99. The van der Waals surface area contributed by atoms with Gasteiger partial charge in [-0.25, -0.2) is 0 Å². The first-order valence-electron chi connectivity index (χ1n) is 10.3. The van der Waals surface area contributed by atoms with Gasteiger partial charge in [0, 0.05) is 58.4 Å². The standard InChI is InChI=1S/C20H37N5O2.HI/c1-5-16(6-2)19-14-18(27-24-19)15-22-20(21-3)23-17-8-11-25(12-9-17)10-7-13-26-4;/h14,16-17H,5-13,15H2,1-4H3,(H2,21,22,23);1H. The topological polar surface area (TPSA) is 74.9 Å². The van der Waals surface area contributed by atoms with Crippen molar-refractivity contribution in [3.05, 3.63) is 17.5 Å². The van der Waals surface area contributed by atoms with Gasteiger partial charge in [-0.05, 0) is 32.1 Å². The van der Waals surface area contributed by atoms with Crippen molar-refractivity contribution in [3.8, 4) is 0 Å². The van der Waals surface area contributed by atoms with Gasteiger partial charge in [-0.3, -0.25) is 4.99 Å². The maximum atomic E-state index is 5.48. The van der Waals surface area contributed by atoms with Crippen LogP contribution in [0.3, 0.4) is 0 Å². The second-order valence-electron chi connectivity index (χ2n) is 7.26. The van der Waals surface area contributed by atoms with Crippen LogP contribution < -0.4 is 10.6 Å². The van der Waals surface area contributed by atoms with Crippen LogP contribution in [-0.4, -0.2) is 62.5 Å². The molecule has 1 aliphatic heterocycles. The summed E-state index contributed by atoms with van der Waals surface area (Å²) in [5, 5.41) is 11.1. The highest BCUT2D eigenvalue weighted by molar-refractivity contribution is 14.0. The SMILES string of the molecule is CCC(CC)c1cc(CNC(=NC)NC2CCN(CCCOC)CC2)on1.I. The predicted molar refractivity (Wildman–Crippen MR) is 125 cm³/mol. The number of guanidine groups is 1. The molecule has 28 heavy (non-hydrogen) atoms. The molecule has 8 heteroatoms. The number of halogens is 1. The van der Waals surface area contributed by atoms with E-state index in [1.54, 1.807) is 7.11 Å². The lowest BCUT2D eigenvalue weighted by Crippen LogP contribution is -2.48. The van der Waals surface area contributed by atoms with Crippen LogP contribution in [0.1, 0.15) is 63.3 Å². The van der Waals surface area contributed by atoms with E-state index in [4.69, 9.17) is 9.26 Å². The Morgan fingerprint density at radius 2 is 2.07 bits per heavy atom. The number of ether oxygens (including phenoxy) is 1. The molecule has 0 atom stereocenters. The number of methoxy groups -OCH3 is 1. The van der Waals surface area contributed by atoms with Crippen LogP contribution in [0.15, 0.2) is 15.6 Å². The minimum absolute atomic E-state index is 0. The van der Waals surface area contributed by atoms with Gasteiger partial charge in [-0.15, -0.1) is 24.0 Å². The molecule has 0 unspecified atom stereocenters. The largest absolute Gasteiger partial charge is 0.385 e. The van der Waals surface area contributed by atoms with Crippen LogP contribution in [0.25, 0.3) is 0 Å². The fourth-order valence-corrected chi connectivity index (χ4v) is 3.60. The van der Waals surface area contributed by atoms with Crippen molar-refractivity contribution in [1.82, 2.24) is 20.7 Å². The first kappa shape index (κ1) is 25.2. The molecule has 1 aromatic heterocycles. The summed E-state index contributed by atoms with van der Waals surface area (Å²) in [6, 6.07) is 2.53. The number of hydrogen-bond acceptors (Lipinski definition) is 5. The Bertz CT molecular complexity index is 555. The molecular weight excluding hydrogens is 469 g/mol. The zero-order valence-electron chi connectivity index (χ0n) is 17.9. The molecule has 1 aromatic rings. The van der Waals surface area contributed by atoms with Crippen molar-refractivity contribution in [2.75, 3.05) is 40.4 Å². The summed E-state index contributed by atoms with van der Waals surface area (Å²) in [5.41, 5.74) is 1.06. The molecule has 0 aromatic carbocycles. The van der Waals surface area contributed by atoms with Crippen molar-refractivity contribution < 1.29 is 9.26 Å². The van der Waals surface area contributed by atoms with Crippen LogP contribution in [0.2, 0.25) is 0 Å². The number of hydrogen-bond donors (Lipinski definition) is 2. The molecule has 1 fully saturated rings. The molecule has 1 saturated heterocycles. The minimum atomic E-state index is 0. The van der Waals surface area contributed by atoms with Crippen molar-refractivity contribution >= 4 is 29.9 Å². The number of nitrogens with one attached hydrogen (secondary N) is 2. The third-order valence-electron chi connectivity index (χ3n) is 5.39. The Morgan fingerprint density at radius 1 is 1.36 bits per heavy atom. The number of nitrogens with zero attached hydrogens (tertiary/aromatic N) is 3. The third-order valence-corrected chi connectivity index (χ3v) is 5.39. The highest BCUT2D eigenvalue weighted by Gasteiger charge is 2.20. The van der Waals surface area contributed by atoms with Gasteiger partial charge in [0.2, 0.25) is 0 Å². The maximum Gasteiger partial charge on any atom is 0.191 e. The Balaban J connectivity index is 0.00000392. The first-order valence-corrected chi connectivity index (χ1v) is 10.3. The lowest BCUT2D eigenvalue weighted by molar-refractivity contribution is 0.155. The van der Waals surface area contributed by atoms with Crippen molar-refractivity contribution in [2.24, 2.45) is 4.99 Å². The molecule has 2 heterocycles. The summed E-state index contributed by atoms with van der Waals surface area (Å²) in [6.45, 7) is 9.19. The fraction of sp³-hybridized carbons (Fsp3) is 0.800. The van der Waals surface area contributed by atoms with Gasteiger partial charge in [0.15, 0.2) is 11.7 Å². The molecule has 2 rings (SSSR count). The normalized spacial score (nSPS) is 16.2. The predicted octanol–water partition coefficient (Wildman–Crippen LogP) is 3.36. The number of aliphatic imine (C=N–C) groups is 1. The molecule has 1 aliphatic rings. The Hall–Kier alpha value is -0.870. The monoisotopic (exact) mass is 507 g/mol. The molecule has 0 radical (unpaired) electrons. The van der Waals surface area contributed by atoms with Gasteiger partial charge in [0.1, 0.15) is 0 Å². The molecule has 162 valence electrons. The number of likely N-dealkylation sites (tertiary alicyclic amines) is 1. The minimum Gasteiger partial charge on any atom is -0.385 e. The van der Waals surface area contributed by atoms with E-state index in [-0.39, 0.29) is 24.0 Å². The summed E-state index contributed by atoms with van der Waals surface area (Å²) in [7, 11) is 3.57. The van der Waals surface area contributed by atoms with E-state index in [0.29, 0.717) is 18.5 Å². The van der Waals surface area contributed by atoms with Gasteiger partial charge >= 0.3 is 0 Å². The molecular formula is C20H38IN5O2. The van der Waals surface area contributed by atoms with E-state index in [1.165, 1.54) is 0 Å². The van der Waals surface area contributed by atoms with E-state index in [2.05, 4.69) is 45.6 Å². The zero-order chi connectivity index (χ0) is 19.5. The van der Waals surface area contributed by atoms with Crippen LogP contribution in [0.5, 0.6) is 0 Å². The van der Waals surface area contributed by atoms with E-state index in [9.17, 15) is 0 Å². The average molecular weight is 507 g/mol. The van der Waals surface area contributed by atoms with E-state index in [0.717, 1.165) is 75.8 Å². The van der Waals surface area contributed by atoms with Gasteiger partial charge in [0.25, 0.3) is 0 Å². The molecule has 7 nitrogen and oxygen atoms in total. The highest BCUT2D eigenvalue weighted by Crippen LogP contribution is 2.22. The molecule has 2 N–H and O–H groups in total. The third kappa shape index (κ3) is 8.24. The Kier molecular flexibility index (Phi) is 12.7. The molecule has 0 saturated carbocycles. The van der Waals surface area contributed by atoms with Gasteiger partial charge < -0.3 is 24.8 Å². The number of piperidine rings is 1. The average Bonchev–Trinajstić information content (AvgIpc) is 3.16. The zero-order valence-corrected chi connectivity index (χ0v) is 20.2. The lowest BCUT2D eigenvalue weighted by Gasteiger charge is -2.33. The smallest absolute Gasteiger partial charge is 0.191 e. The summed E-state index contributed by atoms with van der Waals surface area (Å²) < 4.78 is 10.6. The summed E-state index contributed by atoms with van der Waals surface area (Å²) >= 11 is 0. The molecule has 0 amide bonds. The van der Waals surface area contributed by atoms with E-state index >= 15 is 0 Å². The highest BCUT2D eigenvalue weighted by atomic mass is 127. The number of rotatable bonds is 10. The summed E-state index contributed by atoms with van der Waals surface area (Å²) in [5.74, 6) is 2.16. The first-order chi connectivity index (χ1) is 13.2. The Labute approximate surface area is 187 Å². The Morgan fingerprint density at radius 3 is 2.68 bits per heavy atom. The maximum absolute atomic E-state index is 5.48. The van der Waals surface area contributed by atoms with E-state index in [1.807, 2.05) is 7.05 Å². The van der Waals surface area contributed by atoms with Crippen LogP contribution in [0.4, 0.5) is 0 Å². The summed E-state index contributed by atoms with van der Waals surface area (Å²) in [4.78, 5) is 6.87. The molecule has 0 aliphatic carbocycles. The van der Waals surface area contributed by atoms with Crippen LogP contribution >= 0.6 is 24.0 Å². The molecule has 0 bridgehead atoms. The van der Waals surface area contributed by atoms with E-state index < -0.39 is 0 Å². The van der Waals surface area contributed by atoms with Crippen molar-refractivity contribution in [1.29, 1.82) is 0 Å². The second kappa shape index (κ2) is 14.2. The van der Waals surface area contributed by atoms with Gasteiger partial charge in [-0.1, -0.05) is 19.0 Å². The quantitative estimate of drug-likeness (QED) is 0.219. The van der Waals surface area contributed by atoms with Crippen LogP contribution in [0, 0.1) is 0 Å². The van der Waals surface area contributed by atoms with Gasteiger partial charge in [-0.2, -0.15) is 0 Å². The van der Waals surface area contributed by atoms with Crippen LogP contribution in [-0.2, 0) is 11.3 Å². The number of aromatic nitrogens is 1.